The lowest BCUT2D eigenvalue weighted by molar-refractivity contribution is -0.122. The molecule has 0 fully saturated rings. The van der Waals surface area contributed by atoms with Crippen LogP contribution in [-0.4, -0.2) is 17.6 Å². The minimum absolute atomic E-state index is 0.257. The first-order valence-electron chi connectivity index (χ1n) is 7.36. The molecule has 2 unspecified atom stereocenters. The van der Waals surface area contributed by atoms with Crippen molar-refractivity contribution in [3.8, 4) is 0 Å². The van der Waals surface area contributed by atoms with E-state index in [-0.39, 0.29) is 12.5 Å². The Bertz CT molecular complexity index is 683. The molecule has 0 bridgehead atoms. The van der Waals surface area contributed by atoms with Crippen molar-refractivity contribution in [3.63, 3.8) is 0 Å². The maximum atomic E-state index is 13.6. The van der Waals surface area contributed by atoms with Gasteiger partial charge in [-0.15, -0.1) is 0 Å². The van der Waals surface area contributed by atoms with Crippen LogP contribution in [-0.2, 0) is 4.79 Å². The van der Waals surface area contributed by atoms with Crippen LogP contribution in [0.4, 0.5) is 8.78 Å². The molecule has 23 heavy (non-hydrogen) atoms. The molecule has 3 nitrogen and oxygen atoms in total. The average Bonchev–Trinajstić information content (AvgIpc) is 2.51. The summed E-state index contributed by atoms with van der Waals surface area (Å²) in [6, 6.07) is 10.9. The molecule has 1 amide bonds. The lowest BCUT2D eigenvalue weighted by Gasteiger charge is -2.17. The molecule has 0 saturated carbocycles. The van der Waals surface area contributed by atoms with E-state index in [4.69, 9.17) is 0 Å². The van der Waals surface area contributed by atoms with E-state index in [0.29, 0.717) is 0 Å². The van der Waals surface area contributed by atoms with Gasteiger partial charge in [-0.2, -0.15) is 0 Å². The standard InChI is InChI=1S/C18H19F2NO2/c1-11-5-3-6-13(9-11)12(2)18(23)21-10-16(22)17-14(19)7-4-8-15(17)20/h3-9,12,16,22H,10H2,1-2H3,(H,21,23). The fourth-order valence-corrected chi connectivity index (χ4v) is 2.37. The normalized spacial score (nSPS) is 13.4. The first-order chi connectivity index (χ1) is 10.9. The molecule has 2 N–H and O–H groups in total. The Labute approximate surface area is 134 Å². The number of amides is 1. The van der Waals surface area contributed by atoms with Crippen LogP contribution in [0.25, 0.3) is 0 Å². The zero-order valence-electron chi connectivity index (χ0n) is 13.0. The van der Waals surface area contributed by atoms with Crippen LogP contribution in [0.1, 0.15) is 35.6 Å². The van der Waals surface area contributed by atoms with Crippen LogP contribution in [0.5, 0.6) is 0 Å². The third-order valence-corrected chi connectivity index (χ3v) is 3.74. The van der Waals surface area contributed by atoms with E-state index < -0.39 is 29.2 Å². The second kappa shape index (κ2) is 7.33. The van der Waals surface area contributed by atoms with Crippen molar-refractivity contribution in [1.29, 1.82) is 0 Å². The van der Waals surface area contributed by atoms with Crippen molar-refractivity contribution in [2.24, 2.45) is 0 Å². The third kappa shape index (κ3) is 4.13. The van der Waals surface area contributed by atoms with Gasteiger partial charge in [-0.1, -0.05) is 35.9 Å². The first-order valence-corrected chi connectivity index (χ1v) is 7.36. The zero-order chi connectivity index (χ0) is 17.0. The maximum Gasteiger partial charge on any atom is 0.227 e. The Kier molecular flexibility index (Phi) is 5.45. The van der Waals surface area contributed by atoms with Crippen LogP contribution >= 0.6 is 0 Å². The molecule has 2 aromatic rings. The monoisotopic (exact) mass is 319 g/mol. The van der Waals surface area contributed by atoms with Crippen LogP contribution in [0.15, 0.2) is 42.5 Å². The molecule has 0 saturated heterocycles. The molecule has 2 atom stereocenters. The lowest BCUT2D eigenvalue weighted by Crippen LogP contribution is -2.32. The van der Waals surface area contributed by atoms with Crippen molar-refractivity contribution in [1.82, 2.24) is 5.32 Å². The Hall–Kier alpha value is -2.27. The second-order valence-corrected chi connectivity index (χ2v) is 5.53. The number of aliphatic hydroxyl groups excluding tert-OH is 1. The van der Waals surface area contributed by atoms with E-state index in [0.717, 1.165) is 23.3 Å². The fraction of sp³-hybridized carbons (Fsp3) is 0.278. The molecular formula is C18H19F2NO2. The highest BCUT2D eigenvalue weighted by atomic mass is 19.1. The second-order valence-electron chi connectivity index (χ2n) is 5.53. The summed E-state index contributed by atoms with van der Waals surface area (Å²) in [6.07, 6.45) is -1.44. The highest BCUT2D eigenvalue weighted by Gasteiger charge is 2.20. The van der Waals surface area contributed by atoms with Gasteiger partial charge in [-0.05, 0) is 31.5 Å². The summed E-state index contributed by atoms with van der Waals surface area (Å²) >= 11 is 0. The van der Waals surface area contributed by atoms with Gasteiger partial charge >= 0.3 is 0 Å². The van der Waals surface area contributed by atoms with Gasteiger partial charge in [0.05, 0.1) is 11.5 Å². The van der Waals surface area contributed by atoms with E-state index in [1.165, 1.54) is 6.07 Å². The molecule has 2 aromatic carbocycles. The summed E-state index contributed by atoms with van der Waals surface area (Å²) in [4.78, 5) is 12.2. The molecule has 122 valence electrons. The van der Waals surface area contributed by atoms with E-state index in [1.807, 2.05) is 31.2 Å². The maximum absolute atomic E-state index is 13.6. The summed E-state index contributed by atoms with van der Waals surface area (Å²) in [7, 11) is 0. The van der Waals surface area contributed by atoms with Gasteiger partial charge in [-0.25, -0.2) is 8.78 Å². The minimum Gasteiger partial charge on any atom is -0.386 e. The van der Waals surface area contributed by atoms with Gasteiger partial charge in [0.15, 0.2) is 0 Å². The molecule has 0 aromatic heterocycles. The lowest BCUT2D eigenvalue weighted by atomic mass is 9.98. The number of aryl methyl sites for hydroxylation is 1. The molecule has 0 heterocycles. The summed E-state index contributed by atoms with van der Waals surface area (Å²) in [5.74, 6) is -2.41. The molecule has 2 rings (SSSR count). The number of carbonyl (C=O) groups excluding carboxylic acids is 1. The predicted molar refractivity (Wildman–Crippen MR) is 83.9 cm³/mol. The van der Waals surface area contributed by atoms with Crippen molar-refractivity contribution >= 4 is 5.91 Å². The smallest absolute Gasteiger partial charge is 0.227 e. The molecule has 0 aliphatic rings. The third-order valence-electron chi connectivity index (χ3n) is 3.74. The minimum atomic E-state index is -1.44. The quantitative estimate of drug-likeness (QED) is 0.889. The fourth-order valence-electron chi connectivity index (χ4n) is 2.37. The van der Waals surface area contributed by atoms with Crippen LogP contribution in [0.3, 0.4) is 0 Å². The zero-order valence-corrected chi connectivity index (χ0v) is 13.0. The molecule has 0 spiro atoms. The van der Waals surface area contributed by atoms with Crippen LogP contribution in [0, 0.1) is 18.6 Å². The molecule has 5 heteroatoms. The number of benzene rings is 2. The number of hydrogen-bond donors (Lipinski definition) is 2. The topological polar surface area (TPSA) is 49.3 Å². The number of carbonyl (C=O) groups is 1. The number of aliphatic hydroxyl groups is 1. The highest BCUT2D eigenvalue weighted by molar-refractivity contribution is 5.83. The highest BCUT2D eigenvalue weighted by Crippen LogP contribution is 2.21. The number of nitrogens with one attached hydrogen (secondary N) is 1. The van der Waals surface area contributed by atoms with Gasteiger partial charge in [0.1, 0.15) is 17.7 Å². The summed E-state index contributed by atoms with van der Waals surface area (Å²) in [5, 5.41) is 12.5. The van der Waals surface area contributed by atoms with Crippen molar-refractivity contribution in [2.75, 3.05) is 6.54 Å². The molecule has 0 aliphatic heterocycles. The summed E-state index contributed by atoms with van der Waals surface area (Å²) in [6.45, 7) is 3.41. The summed E-state index contributed by atoms with van der Waals surface area (Å²) < 4.78 is 27.2. The molecular weight excluding hydrogens is 300 g/mol. The SMILES string of the molecule is Cc1cccc(C(C)C(=O)NCC(O)c2c(F)cccc2F)c1. The van der Waals surface area contributed by atoms with Gasteiger partial charge in [0.25, 0.3) is 0 Å². The van der Waals surface area contributed by atoms with E-state index in [1.54, 1.807) is 6.92 Å². The molecule has 0 radical (unpaired) electrons. The van der Waals surface area contributed by atoms with Crippen molar-refractivity contribution in [3.05, 3.63) is 70.8 Å². The van der Waals surface area contributed by atoms with Gasteiger partial charge in [-0.3, -0.25) is 4.79 Å². The van der Waals surface area contributed by atoms with Crippen LogP contribution in [0.2, 0.25) is 0 Å². The average molecular weight is 319 g/mol. The van der Waals surface area contributed by atoms with E-state index in [9.17, 15) is 18.7 Å². The van der Waals surface area contributed by atoms with Gasteiger partial charge < -0.3 is 10.4 Å². The number of halogens is 2. The number of rotatable bonds is 5. The van der Waals surface area contributed by atoms with Crippen molar-refractivity contribution < 1.29 is 18.7 Å². The van der Waals surface area contributed by atoms with E-state index in [2.05, 4.69) is 5.32 Å². The first kappa shape index (κ1) is 17.1. The number of hydrogen-bond acceptors (Lipinski definition) is 2. The van der Waals surface area contributed by atoms with E-state index >= 15 is 0 Å². The predicted octanol–water partition coefficient (Wildman–Crippen LogP) is 3.23. The Morgan fingerprint density at radius 1 is 1.17 bits per heavy atom. The largest absolute Gasteiger partial charge is 0.386 e. The van der Waals surface area contributed by atoms with Gasteiger partial charge in [0.2, 0.25) is 5.91 Å². The van der Waals surface area contributed by atoms with Gasteiger partial charge in [0, 0.05) is 6.54 Å². The van der Waals surface area contributed by atoms with Crippen molar-refractivity contribution in [2.45, 2.75) is 25.9 Å². The Balaban J connectivity index is 2.01. The molecule has 0 aliphatic carbocycles. The summed E-state index contributed by atoms with van der Waals surface area (Å²) in [5.41, 5.74) is 1.45. The Morgan fingerprint density at radius 3 is 2.39 bits per heavy atom. The van der Waals surface area contributed by atoms with Crippen LogP contribution < -0.4 is 5.32 Å². The Morgan fingerprint density at radius 2 is 1.78 bits per heavy atom.